The molecule has 166 valence electrons. The van der Waals surface area contributed by atoms with Crippen LogP contribution in [-0.2, 0) is 14.6 Å². The number of rotatable bonds is 6. The van der Waals surface area contributed by atoms with E-state index >= 15 is 0 Å². The van der Waals surface area contributed by atoms with E-state index in [1.807, 2.05) is 60.7 Å². The Labute approximate surface area is 192 Å². The number of aromatic nitrogens is 3. The maximum Gasteiger partial charge on any atom is 0.235 e. The average molecular weight is 469 g/mol. The summed E-state index contributed by atoms with van der Waals surface area (Å²) in [7, 11) is -1.40. The molecule has 0 radical (unpaired) electrons. The molecule has 0 spiro atoms. The highest BCUT2D eigenvalue weighted by molar-refractivity contribution is 8.00. The van der Waals surface area contributed by atoms with E-state index in [1.165, 1.54) is 11.8 Å². The molecule has 2 heterocycles. The smallest absolute Gasteiger partial charge is 0.235 e. The molecule has 2 aromatic carbocycles. The Hall–Kier alpha value is -2.78. The molecule has 1 amide bonds. The standard InChI is InChI=1S/C23H24N4O3S2/c1-16(22(28)27(2)19-13-14-32(29,30)15-19)31-23-24-20(17-9-5-3-6-10-17)21(25-26-23)18-11-7-4-8-12-18/h3-12,16,19H,13-15H2,1-2H3/t16-,19-/m0/s1. The normalized spacial score (nSPS) is 18.2. The van der Waals surface area contributed by atoms with Gasteiger partial charge in [0.1, 0.15) is 11.4 Å². The van der Waals surface area contributed by atoms with Crippen LogP contribution in [0.5, 0.6) is 0 Å². The first kappa shape index (κ1) is 22.4. The number of carbonyl (C=O) groups excluding carboxylic acids is 1. The zero-order valence-electron chi connectivity index (χ0n) is 17.9. The number of nitrogens with zero attached hydrogens (tertiary/aromatic N) is 4. The molecule has 0 unspecified atom stereocenters. The zero-order valence-corrected chi connectivity index (χ0v) is 19.5. The van der Waals surface area contributed by atoms with Gasteiger partial charge in [-0.2, -0.15) is 0 Å². The first-order valence-electron chi connectivity index (χ1n) is 10.3. The van der Waals surface area contributed by atoms with Crippen molar-refractivity contribution in [2.45, 2.75) is 29.8 Å². The molecule has 32 heavy (non-hydrogen) atoms. The number of thioether (sulfide) groups is 1. The van der Waals surface area contributed by atoms with E-state index in [9.17, 15) is 13.2 Å². The lowest BCUT2D eigenvalue weighted by molar-refractivity contribution is -0.130. The molecule has 1 fully saturated rings. The van der Waals surface area contributed by atoms with E-state index in [1.54, 1.807) is 18.9 Å². The average Bonchev–Trinajstić information content (AvgIpc) is 3.18. The third kappa shape index (κ3) is 4.99. The van der Waals surface area contributed by atoms with Crippen LogP contribution in [0.15, 0.2) is 65.8 Å². The summed E-state index contributed by atoms with van der Waals surface area (Å²) in [6, 6.07) is 19.2. The van der Waals surface area contributed by atoms with Crippen LogP contribution in [0.25, 0.3) is 22.5 Å². The topological polar surface area (TPSA) is 93.1 Å². The number of hydrogen-bond acceptors (Lipinski definition) is 7. The van der Waals surface area contributed by atoms with Crippen molar-refractivity contribution in [2.24, 2.45) is 0 Å². The Balaban J connectivity index is 1.58. The Bertz CT molecular complexity index is 1200. The van der Waals surface area contributed by atoms with Crippen LogP contribution >= 0.6 is 11.8 Å². The highest BCUT2D eigenvalue weighted by Gasteiger charge is 2.34. The van der Waals surface area contributed by atoms with E-state index in [2.05, 4.69) is 10.2 Å². The fourth-order valence-corrected chi connectivity index (χ4v) is 6.29. The molecule has 9 heteroatoms. The summed E-state index contributed by atoms with van der Waals surface area (Å²) in [6.07, 6.45) is 0.476. The molecule has 7 nitrogen and oxygen atoms in total. The highest BCUT2D eigenvalue weighted by atomic mass is 32.2. The van der Waals surface area contributed by atoms with E-state index in [4.69, 9.17) is 4.98 Å². The molecule has 1 aromatic heterocycles. The molecule has 0 saturated carbocycles. The molecular weight excluding hydrogens is 444 g/mol. The summed E-state index contributed by atoms with van der Waals surface area (Å²) in [5.74, 6) is 0.00826. The van der Waals surface area contributed by atoms with Gasteiger partial charge < -0.3 is 4.90 Å². The Morgan fingerprint density at radius 2 is 1.59 bits per heavy atom. The number of sulfone groups is 1. The monoisotopic (exact) mass is 468 g/mol. The van der Waals surface area contributed by atoms with Gasteiger partial charge in [0.25, 0.3) is 0 Å². The van der Waals surface area contributed by atoms with Gasteiger partial charge in [-0.25, -0.2) is 13.4 Å². The molecule has 1 saturated heterocycles. The van der Waals surface area contributed by atoms with Crippen LogP contribution in [0, 0.1) is 0 Å². The van der Waals surface area contributed by atoms with Crippen LogP contribution in [0.2, 0.25) is 0 Å². The van der Waals surface area contributed by atoms with Gasteiger partial charge in [0, 0.05) is 24.2 Å². The molecule has 0 bridgehead atoms. The second-order valence-electron chi connectivity index (χ2n) is 7.79. The zero-order chi connectivity index (χ0) is 22.7. The van der Waals surface area contributed by atoms with Gasteiger partial charge in [-0.15, -0.1) is 10.2 Å². The summed E-state index contributed by atoms with van der Waals surface area (Å²) in [5, 5.41) is 8.64. The predicted octanol–water partition coefficient (Wildman–Crippen LogP) is 3.33. The SMILES string of the molecule is C[C@H](Sc1nnc(-c2ccccc2)c(-c2ccccc2)n1)C(=O)N(C)[C@H]1CCS(=O)(=O)C1. The second-order valence-corrected chi connectivity index (χ2v) is 11.3. The first-order valence-corrected chi connectivity index (χ1v) is 13.0. The third-order valence-electron chi connectivity index (χ3n) is 5.50. The van der Waals surface area contributed by atoms with Crippen LogP contribution < -0.4 is 0 Å². The Kier molecular flexibility index (Phi) is 6.57. The Morgan fingerprint density at radius 3 is 2.16 bits per heavy atom. The first-order chi connectivity index (χ1) is 15.3. The molecule has 4 rings (SSSR count). The molecule has 0 N–H and O–H groups in total. The van der Waals surface area contributed by atoms with Crippen molar-refractivity contribution in [2.75, 3.05) is 18.6 Å². The van der Waals surface area contributed by atoms with E-state index < -0.39 is 15.1 Å². The van der Waals surface area contributed by atoms with Gasteiger partial charge >= 0.3 is 0 Å². The van der Waals surface area contributed by atoms with Crippen molar-refractivity contribution < 1.29 is 13.2 Å². The van der Waals surface area contributed by atoms with Crippen molar-refractivity contribution >= 4 is 27.5 Å². The van der Waals surface area contributed by atoms with Gasteiger partial charge in [-0.3, -0.25) is 4.79 Å². The second kappa shape index (κ2) is 9.38. The van der Waals surface area contributed by atoms with Crippen LogP contribution in [0.4, 0.5) is 0 Å². The number of hydrogen-bond donors (Lipinski definition) is 0. The largest absolute Gasteiger partial charge is 0.341 e. The van der Waals surface area contributed by atoms with Crippen molar-refractivity contribution in [1.29, 1.82) is 0 Å². The Morgan fingerprint density at radius 1 is 1.00 bits per heavy atom. The summed E-state index contributed by atoms with van der Waals surface area (Å²) in [6.45, 7) is 1.78. The van der Waals surface area contributed by atoms with Crippen molar-refractivity contribution in [1.82, 2.24) is 20.1 Å². The summed E-state index contributed by atoms with van der Waals surface area (Å²) >= 11 is 1.23. The van der Waals surface area contributed by atoms with E-state index in [0.717, 1.165) is 11.1 Å². The molecule has 3 aromatic rings. The van der Waals surface area contributed by atoms with Gasteiger partial charge in [0.2, 0.25) is 11.1 Å². The summed E-state index contributed by atoms with van der Waals surface area (Å²) < 4.78 is 23.6. The number of benzene rings is 2. The maximum absolute atomic E-state index is 12.9. The van der Waals surface area contributed by atoms with Crippen molar-refractivity contribution in [3.63, 3.8) is 0 Å². The molecule has 1 aliphatic rings. The van der Waals surface area contributed by atoms with Gasteiger partial charge in [-0.05, 0) is 13.3 Å². The minimum absolute atomic E-state index is 0.0224. The van der Waals surface area contributed by atoms with Crippen LogP contribution in [-0.4, -0.2) is 64.3 Å². The molecule has 2 atom stereocenters. The fraction of sp³-hybridized carbons (Fsp3) is 0.304. The molecule has 1 aliphatic heterocycles. The quantitative estimate of drug-likeness (QED) is 0.512. The minimum atomic E-state index is -3.06. The summed E-state index contributed by atoms with van der Waals surface area (Å²) in [4.78, 5) is 19.2. The number of amides is 1. The molecular formula is C23H24N4O3S2. The van der Waals surface area contributed by atoms with E-state index in [0.29, 0.717) is 23.0 Å². The summed E-state index contributed by atoms with van der Waals surface area (Å²) in [5.41, 5.74) is 3.20. The van der Waals surface area contributed by atoms with Gasteiger partial charge in [0.05, 0.1) is 16.8 Å². The minimum Gasteiger partial charge on any atom is -0.341 e. The third-order valence-corrected chi connectivity index (χ3v) is 8.18. The fourth-order valence-electron chi connectivity index (χ4n) is 3.70. The van der Waals surface area contributed by atoms with Crippen molar-refractivity contribution in [3.8, 4) is 22.5 Å². The lowest BCUT2D eigenvalue weighted by Crippen LogP contribution is -2.41. The lowest BCUT2D eigenvalue weighted by atomic mass is 10.0. The molecule has 0 aliphatic carbocycles. The lowest BCUT2D eigenvalue weighted by Gasteiger charge is -2.26. The maximum atomic E-state index is 12.9. The van der Waals surface area contributed by atoms with Crippen LogP contribution in [0.1, 0.15) is 13.3 Å². The van der Waals surface area contributed by atoms with Crippen molar-refractivity contribution in [3.05, 3.63) is 60.7 Å². The van der Waals surface area contributed by atoms with Gasteiger partial charge in [-0.1, -0.05) is 72.4 Å². The number of carbonyl (C=O) groups is 1. The van der Waals surface area contributed by atoms with Gasteiger partial charge in [0.15, 0.2) is 9.84 Å². The highest BCUT2D eigenvalue weighted by Crippen LogP contribution is 2.31. The van der Waals surface area contributed by atoms with E-state index in [-0.39, 0.29) is 23.5 Å². The van der Waals surface area contributed by atoms with Crippen LogP contribution in [0.3, 0.4) is 0 Å². The predicted molar refractivity (Wildman–Crippen MR) is 126 cm³/mol.